The highest BCUT2D eigenvalue weighted by atomic mass is 16.5. The third kappa shape index (κ3) is 10.5. The molecule has 0 saturated carbocycles. The van der Waals surface area contributed by atoms with Crippen LogP contribution in [0.25, 0.3) is 23.3 Å². The minimum Gasteiger partial charge on any atom is -0.372 e. The first-order valence-corrected chi connectivity index (χ1v) is 21.3. The van der Waals surface area contributed by atoms with Gasteiger partial charge in [-0.05, 0) is 111 Å². The van der Waals surface area contributed by atoms with Crippen molar-refractivity contribution in [3.05, 3.63) is 268 Å². The molecule has 306 valence electrons. The zero-order chi connectivity index (χ0) is 42.7. The van der Waals surface area contributed by atoms with E-state index in [9.17, 15) is 0 Å². The maximum absolute atomic E-state index is 6.08. The van der Waals surface area contributed by atoms with Gasteiger partial charge in [-0.3, -0.25) is 0 Å². The molecule has 8 aromatic rings. The van der Waals surface area contributed by atoms with Crippen molar-refractivity contribution in [1.82, 2.24) is 0 Å². The molecule has 3 heteroatoms. The van der Waals surface area contributed by atoms with E-state index in [0.717, 1.165) is 50.4 Å². The summed E-state index contributed by atoms with van der Waals surface area (Å²) in [6.45, 7) is 14.2. The van der Waals surface area contributed by atoms with Crippen LogP contribution in [-0.2, 0) is 35.9 Å². The van der Waals surface area contributed by atoms with Gasteiger partial charge in [-0.25, -0.2) is 0 Å². The highest BCUT2D eigenvalue weighted by molar-refractivity contribution is 5.78. The molecule has 1 atom stereocenters. The summed E-state index contributed by atoms with van der Waals surface area (Å²) >= 11 is 0. The molecule has 0 N–H and O–H groups in total. The van der Waals surface area contributed by atoms with E-state index in [1.54, 1.807) is 0 Å². The van der Waals surface area contributed by atoms with Crippen molar-refractivity contribution < 1.29 is 9.47 Å². The van der Waals surface area contributed by atoms with Gasteiger partial charge in [-0.1, -0.05) is 194 Å². The van der Waals surface area contributed by atoms with Crippen LogP contribution in [0.5, 0.6) is 0 Å². The third-order valence-corrected chi connectivity index (χ3v) is 11.4. The first-order valence-electron chi connectivity index (χ1n) is 21.3. The summed E-state index contributed by atoms with van der Waals surface area (Å²) in [6, 6.07) is 69.8. The minimum absolute atomic E-state index is 0.0983. The Kier molecular flexibility index (Phi) is 13.5. The molecule has 3 nitrogen and oxygen atoms in total. The first-order chi connectivity index (χ1) is 30.4. The lowest BCUT2D eigenvalue weighted by molar-refractivity contribution is 0.107. The van der Waals surface area contributed by atoms with Crippen LogP contribution in [0.3, 0.4) is 0 Å². The van der Waals surface area contributed by atoms with Crippen molar-refractivity contribution in [3.63, 3.8) is 0 Å². The van der Waals surface area contributed by atoms with E-state index in [2.05, 4.69) is 226 Å². The average Bonchev–Trinajstić information content (AvgIpc) is 3.32. The number of benzene rings is 8. The molecule has 0 aliphatic carbocycles. The zero-order valence-corrected chi connectivity index (χ0v) is 35.7. The molecular weight excluding hydrogens is 755 g/mol. The molecule has 8 rings (SSSR count). The Morgan fingerprint density at radius 2 is 0.645 bits per heavy atom. The van der Waals surface area contributed by atoms with Gasteiger partial charge in [0, 0.05) is 23.0 Å². The summed E-state index contributed by atoms with van der Waals surface area (Å²) in [7, 11) is 0. The summed E-state index contributed by atoms with van der Waals surface area (Å²) in [5.74, 6) is 0.0983. The molecule has 0 spiro atoms. The van der Waals surface area contributed by atoms with Gasteiger partial charge in [0.25, 0.3) is 0 Å². The van der Waals surface area contributed by atoms with Crippen molar-refractivity contribution in [2.24, 2.45) is 0 Å². The number of aryl methyl sites for hydroxylation is 2. The highest BCUT2D eigenvalue weighted by Crippen LogP contribution is 2.37. The second-order valence-electron chi connectivity index (χ2n) is 16.0. The summed E-state index contributed by atoms with van der Waals surface area (Å²) in [4.78, 5) is 2.31. The van der Waals surface area contributed by atoms with Crippen molar-refractivity contribution >= 4 is 29.2 Å². The molecule has 0 saturated heterocycles. The van der Waals surface area contributed by atoms with Crippen LogP contribution in [0.1, 0.15) is 67.1 Å². The van der Waals surface area contributed by atoms with Gasteiger partial charge in [-0.2, -0.15) is 0 Å². The highest BCUT2D eigenvalue weighted by Gasteiger charge is 2.18. The van der Waals surface area contributed by atoms with Crippen LogP contribution in [0.4, 0.5) is 17.1 Å². The molecule has 0 amide bonds. The Bertz CT molecular complexity index is 2470. The fourth-order valence-electron chi connectivity index (χ4n) is 7.77. The smallest absolute Gasteiger partial charge is 0.0721 e. The number of ether oxygens (including phenoxy) is 2. The molecule has 0 aliphatic rings. The number of hydrogen-bond donors (Lipinski definition) is 0. The molecule has 0 bridgehead atoms. The number of nitrogens with zero attached hydrogens (tertiary/aromatic N) is 1. The molecule has 1 unspecified atom stereocenters. The van der Waals surface area contributed by atoms with E-state index in [-0.39, 0.29) is 5.92 Å². The van der Waals surface area contributed by atoms with Gasteiger partial charge < -0.3 is 14.4 Å². The van der Waals surface area contributed by atoms with E-state index in [0.29, 0.717) is 26.4 Å². The Morgan fingerprint density at radius 1 is 0.371 bits per heavy atom. The predicted octanol–water partition coefficient (Wildman–Crippen LogP) is 15.3. The summed E-state index contributed by atoms with van der Waals surface area (Å²) < 4.78 is 12.2. The number of rotatable bonds is 17. The molecule has 0 heterocycles. The van der Waals surface area contributed by atoms with Crippen LogP contribution in [0, 0.1) is 13.8 Å². The van der Waals surface area contributed by atoms with Crippen LogP contribution < -0.4 is 4.90 Å². The lowest BCUT2D eigenvalue weighted by Crippen LogP contribution is -2.10. The van der Waals surface area contributed by atoms with Gasteiger partial charge in [0.2, 0.25) is 0 Å². The van der Waals surface area contributed by atoms with E-state index in [1.165, 1.54) is 38.9 Å². The number of anilines is 3. The summed E-state index contributed by atoms with van der Waals surface area (Å²) in [5, 5.41) is 0. The average molecular weight is 808 g/mol. The first kappa shape index (κ1) is 41.7. The maximum atomic E-state index is 6.08. The van der Waals surface area contributed by atoms with Gasteiger partial charge in [0.15, 0.2) is 0 Å². The molecule has 0 aromatic heterocycles. The Morgan fingerprint density at radius 3 is 1.03 bits per heavy atom. The molecule has 8 aromatic carbocycles. The normalized spacial score (nSPS) is 11.5. The van der Waals surface area contributed by atoms with E-state index in [1.807, 2.05) is 12.2 Å². The fourth-order valence-corrected chi connectivity index (χ4v) is 7.77. The van der Waals surface area contributed by atoms with E-state index in [4.69, 9.17) is 9.47 Å². The van der Waals surface area contributed by atoms with Crippen molar-refractivity contribution in [2.45, 2.75) is 46.2 Å². The third-order valence-electron chi connectivity index (χ3n) is 11.4. The van der Waals surface area contributed by atoms with Crippen molar-refractivity contribution in [2.75, 3.05) is 4.90 Å². The molecule has 0 fully saturated rings. The van der Waals surface area contributed by atoms with Crippen LogP contribution in [-0.4, -0.2) is 0 Å². The van der Waals surface area contributed by atoms with Gasteiger partial charge >= 0.3 is 0 Å². The molecular formula is C59H53NO2. The Labute approximate surface area is 367 Å². The predicted molar refractivity (Wildman–Crippen MR) is 260 cm³/mol. The summed E-state index contributed by atoms with van der Waals surface area (Å²) in [6.07, 6.45) is 3.71. The largest absolute Gasteiger partial charge is 0.372 e. The lowest BCUT2D eigenvalue weighted by Gasteiger charge is -2.26. The quantitative estimate of drug-likeness (QED) is 0.0856. The maximum Gasteiger partial charge on any atom is 0.0721 e. The van der Waals surface area contributed by atoms with Crippen molar-refractivity contribution in [3.8, 4) is 11.1 Å². The molecule has 0 aliphatic heterocycles. The topological polar surface area (TPSA) is 21.7 Å². The van der Waals surface area contributed by atoms with Crippen molar-refractivity contribution in [1.29, 1.82) is 0 Å². The standard InChI is InChI=1S/C59H53NO2/c1-5-45-11-15-47(16-12-45)39-61-41-49-19-25-54(26-20-49)59(53-23-7-43(3)8-24-53)55-29-27-51(28-30-55)52-31-37-58(38-32-52)60(56-33-9-44(4)10-34-56)57-35-21-50(22-36-57)42-62-40-48-17-13-46(6-2)14-18-48/h5-38,59H,1-2,39-42H2,3-4H3. The second kappa shape index (κ2) is 20.0. The Hall–Kier alpha value is -7.04. The monoisotopic (exact) mass is 807 g/mol. The lowest BCUT2D eigenvalue weighted by atomic mass is 9.84. The van der Waals surface area contributed by atoms with Gasteiger partial charge in [0.05, 0.1) is 26.4 Å². The van der Waals surface area contributed by atoms with Crippen LogP contribution >= 0.6 is 0 Å². The SMILES string of the molecule is C=Cc1ccc(COCc2ccc(C(c3ccc(C)cc3)c3ccc(-c4ccc(N(c5ccc(C)cc5)c5ccc(COCc6ccc(C=C)cc6)cc5)cc4)cc3)cc2)cc1. The van der Waals surface area contributed by atoms with Gasteiger partial charge in [0.1, 0.15) is 0 Å². The van der Waals surface area contributed by atoms with E-state index < -0.39 is 0 Å². The molecule has 0 radical (unpaired) electrons. The fraction of sp³-hybridized carbons (Fsp3) is 0.119. The molecule has 62 heavy (non-hydrogen) atoms. The number of hydrogen-bond acceptors (Lipinski definition) is 3. The Balaban J connectivity index is 0.974. The zero-order valence-electron chi connectivity index (χ0n) is 35.7. The van der Waals surface area contributed by atoms with Crippen LogP contribution in [0.2, 0.25) is 0 Å². The minimum atomic E-state index is 0.0983. The second-order valence-corrected chi connectivity index (χ2v) is 16.0. The van der Waals surface area contributed by atoms with Crippen LogP contribution in [0.15, 0.2) is 207 Å². The summed E-state index contributed by atoms with van der Waals surface area (Å²) in [5.41, 5.74) is 18.7. The van der Waals surface area contributed by atoms with Gasteiger partial charge in [-0.15, -0.1) is 0 Å². The van der Waals surface area contributed by atoms with E-state index >= 15 is 0 Å².